The van der Waals surface area contributed by atoms with Gasteiger partial charge in [-0.15, -0.1) is 0 Å². The fourth-order valence-corrected chi connectivity index (χ4v) is 2.58. The molecule has 1 aromatic carbocycles. The Morgan fingerprint density at radius 1 is 1.47 bits per heavy atom. The molecule has 17 heavy (non-hydrogen) atoms. The summed E-state index contributed by atoms with van der Waals surface area (Å²) in [6.07, 6.45) is 2.82. The third-order valence-electron chi connectivity index (χ3n) is 3.64. The van der Waals surface area contributed by atoms with E-state index in [4.69, 9.17) is 4.74 Å². The van der Waals surface area contributed by atoms with E-state index in [1.807, 2.05) is 25.1 Å². The molecular weight excluding hydrogens is 212 g/mol. The molecule has 2 rings (SSSR count). The van der Waals surface area contributed by atoms with Crippen molar-refractivity contribution in [1.29, 1.82) is 0 Å². The van der Waals surface area contributed by atoms with Gasteiger partial charge in [-0.05, 0) is 31.4 Å². The second kappa shape index (κ2) is 5.09. The largest absolute Gasteiger partial charge is 0.490 e. The van der Waals surface area contributed by atoms with Crippen molar-refractivity contribution < 1.29 is 9.84 Å². The summed E-state index contributed by atoms with van der Waals surface area (Å²) in [6.45, 7) is 6.44. The molecule has 0 amide bonds. The van der Waals surface area contributed by atoms with Gasteiger partial charge in [-0.1, -0.05) is 31.9 Å². The average Bonchev–Trinajstić information content (AvgIpc) is 2.30. The van der Waals surface area contributed by atoms with E-state index < -0.39 is 0 Å². The minimum atomic E-state index is -0.372. The van der Waals surface area contributed by atoms with Crippen LogP contribution in [0, 0.1) is 12.8 Å². The fourth-order valence-electron chi connectivity index (χ4n) is 2.58. The predicted molar refractivity (Wildman–Crippen MR) is 69.2 cm³/mol. The van der Waals surface area contributed by atoms with Crippen LogP contribution in [0.1, 0.15) is 50.3 Å². The van der Waals surface area contributed by atoms with Crippen LogP contribution in [-0.2, 0) is 0 Å². The Bertz CT molecular complexity index is 387. The molecule has 0 aromatic heterocycles. The van der Waals surface area contributed by atoms with Crippen LogP contribution in [0.15, 0.2) is 18.2 Å². The van der Waals surface area contributed by atoms with E-state index in [1.165, 1.54) is 5.56 Å². The Morgan fingerprint density at radius 2 is 2.24 bits per heavy atom. The molecule has 1 N–H and O–H groups in total. The van der Waals surface area contributed by atoms with Crippen LogP contribution in [0.5, 0.6) is 5.75 Å². The van der Waals surface area contributed by atoms with Crippen molar-refractivity contribution in [3.63, 3.8) is 0 Å². The highest BCUT2D eigenvalue weighted by Crippen LogP contribution is 2.37. The summed E-state index contributed by atoms with van der Waals surface area (Å²) in [6, 6.07) is 6.05. The Morgan fingerprint density at radius 3 is 2.94 bits per heavy atom. The van der Waals surface area contributed by atoms with Crippen molar-refractivity contribution in [2.24, 2.45) is 5.92 Å². The zero-order valence-electron chi connectivity index (χ0n) is 10.9. The Kier molecular flexibility index (Phi) is 3.72. The van der Waals surface area contributed by atoms with Crippen LogP contribution in [0.25, 0.3) is 0 Å². The number of rotatable bonds is 3. The fraction of sp³-hybridized carbons (Fsp3) is 0.600. The first-order valence-electron chi connectivity index (χ1n) is 6.57. The quantitative estimate of drug-likeness (QED) is 0.865. The van der Waals surface area contributed by atoms with Crippen molar-refractivity contribution in [2.75, 3.05) is 0 Å². The maximum absolute atomic E-state index is 10.2. The van der Waals surface area contributed by atoms with Crippen LogP contribution in [0.3, 0.4) is 0 Å². The van der Waals surface area contributed by atoms with Crippen molar-refractivity contribution in [2.45, 2.75) is 52.2 Å². The number of aliphatic hydroxyl groups is 1. The maximum Gasteiger partial charge on any atom is 0.125 e. The van der Waals surface area contributed by atoms with Gasteiger partial charge >= 0.3 is 0 Å². The lowest BCUT2D eigenvalue weighted by Gasteiger charge is -2.33. The average molecular weight is 234 g/mol. The normalized spacial score (nSPS) is 24.9. The van der Waals surface area contributed by atoms with Crippen LogP contribution < -0.4 is 4.74 Å². The number of ether oxygens (including phenoxy) is 1. The Hall–Kier alpha value is -1.02. The SMILES string of the molecule is CCCC(C)C1C[C@H](O)c2cc(C)ccc2O1. The molecule has 2 nitrogen and oxygen atoms in total. The van der Waals surface area contributed by atoms with Gasteiger partial charge in [0.2, 0.25) is 0 Å². The molecule has 1 aliphatic heterocycles. The van der Waals surface area contributed by atoms with Gasteiger partial charge in [0.1, 0.15) is 11.9 Å². The van der Waals surface area contributed by atoms with E-state index in [0.29, 0.717) is 5.92 Å². The van der Waals surface area contributed by atoms with Gasteiger partial charge in [-0.2, -0.15) is 0 Å². The summed E-state index contributed by atoms with van der Waals surface area (Å²) < 4.78 is 6.01. The topological polar surface area (TPSA) is 29.5 Å². The molecule has 0 aliphatic carbocycles. The van der Waals surface area contributed by atoms with Gasteiger partial charge < -0.3 is 9.84 Å². The number of hydrogen-bond acceptors (Lipinski definition) is 2. The zero-order chi connectivity index (χ0) is 12.4. The van der Waals surface area contributed by atoms with Crippen LogP contribution in [0.4, 0.5) is 0 Å². The monoisotopic (exact) mass is 234 g/mol. The summed E-state index contributed by atoms with van der Waals surface area (Å²) in [5, 5.41) is 10.2. The van der Waals surface area contributed by atoms with Gasteiger partial charge in [0.25, 0.3) is 0 Å². The molecule has 0 saturated carbocycles. The highest BCUT2D eigenvalue weighted by Gasteiger charge is 2.29. The van der Waals surface area contributed by atoms with E-state index in [9.17, 15) is 5.11 Å². The lowest BCUT2D eigenvalue weighted by atomic mass is 9.89. The molecule has 1 aromatic rings. The third-order valence-corrected chi connectivity index (χ3v) is 3.64. The summed E-state index contributed by atoms with van der Waals surface area (Å²) in [7, 11) is 0. The first kappa shape index (κ1) is 12.4. The van der Waals surface area contributed by atoms with Gasteiger partial charge in [-0.25, -0.2) is 0 Å². The molecule has 3 atom stereocenters. The molecule has 2 unspecified atom stereocenters. The number of fused-ring (bicyclic) bond motifs is 1. The number of aliphatic hydroxyl groups excluding tert-OH is 1. The van der Waals surface area contributed by atoms with Gasteiger partial charge in [-0.3, -0.25) is 0 Å². The molecule has 0 bridgehead atoms. The van der Waals surface area contributed by atoms with E-state index in [1.54, 1.807) is 0 Å². The highest BCUT2D eigenvalue weighted by atomic mass is 16.5. The van der Waals surface area contributed by atoms with Crippen LogP contribution in [0.2, 0.25) is 0 Å². The lowest BCUT2D eigenvalue weighted by Crippen LogP contribution is -2.31. The minimum Gasteiger partial charge on any atom is -0.490 e. The zero-order valence-corrected chi connectivity index (χ0v) is 10.9. The molecule has 1 heterocycles. The highest BCUT2D eigenvalue weighted by molar-refractivity contribution is 5.40. The predicted octanol–water partition coefficient (Wildman–Crippen LogP) is 3.62. The summed E-state index contributed by atoms with van der Waals surface area (Å²) in [5.41, 5.74) is 2.12. The van der Waals surface area contributed by atoms with E-state index >= 15 is 0 Å². The van der Waals surface area contributed by atoms with Crippen molar-refractivity contribution >= 4 is 0 Å². The lowest BCUT2D eigenvalue weighted by molar-refractivity contribution is 0.0361. The molecule has 0 fully saturated rings. The molecule has 0 saturated heterocycles. The van der Waals surface area contributed by atoms with Gasteiger partial charge in [0, 0.05) is 12.0 Å². The van der Waals surface area contributed by atoms with Crippen LogP contribution >= 0.6 is 0 Å². The summed E-state index contributed by atoms with van der Waals surface area (Å²) in [4.78, 5) is 0. The molecule has 1 aliphatic rings. The van der Waals surface area contributed by atoms with Crippen molar-refractivity contribution in [3.05, 3.63) is 29.3 Å². The third kappa shape index (κ3) is 2.63. The first-order chi connectivity index (χ1) is 8.11. The van der Waals surface area contributed by atoms with Gasteiger partial charge in [0.15, 0.2) is 0 Å². The molecule has 94 valence electrons. The van der Waals surface area contributed by atoms with Crippen molar-refractivity contribution in [1.82, 2.24) is 0 Å². The number of benzene rings is 1. The Balaban J connectivity index is 2.18. The Labute approximate surface area is 104 Å². The molecular formula is C15H22O2. The maximum atomic E-state index is 10.2. The van der Waals surface area contributed by atoms with E-state index in [-0.39, 0.29) is 12.2 Å². The second-order valence-corrected chi connectivity index (χ2v) is 5.22. The smallest absolute Gasteiger partial charge is 0.125 e. The summed E-state index contributed by atoms with van der Waals surface area (Å²) in [5.74, 6) is 1.37. The number of aryl methyl sites for hydroxylation is 1. The summed E-state index contributed by atoms with van der Waals surface area (Å²) >= 11 is 0. The molecule has 2 heteroatoms. The van der Waals surface area contributed by atoms with E-state index in [2.05, 4.69) is 13.8 Å². The van der Waals surface area contributed by atoms with Gasteiger partial charge in [0.05, 0.1) is 6.10 Å². The molecule has 0 spiro atoms. The second-order valence-electron chi connectivity index (χ2n) is 5.22. The van der Waals surface area contributed by atoms with E-state index in [0.717, 1.165) is 30.6 Å². The number of hydrogen-bond donors (Lipinski definition) is 1. The standard InChI is InChI=1S/C15H22O2/c1-4-5-11(3)15-9-13(16)12-8-10(2)6-7-14(12)17-15/h6-8,11,13,15-16H,4-5,9H2,1-3H3/t11?,13-,15?/m0/s1. The first-order valence-corrected chi connectivity index (χ1v) is 6.57. The van der Waals surface area contributed by atoms with Crippen LogP contribution in [-0.4, -0.2) is 11.2 Å². The molecule has 0 radical (unpaired) electrons. The minimum absolute atomic E-state index is 0.153. The van der Waals surface area contributed by atoms with Crippen molar-refractivity contribution in [3.8, 4) is 5.75 Å².